The number of nitrogens with zero attached hydrogens (tertiary/aromatic N) is 4. The van der Waals surface area contributed by atoms with Crippen LogP contribution in [-0.4, -0.2) is 47.5 Å². The second kappa shape index (κ2) is 7.13. The molecule has 0 spiro atoms. The van der Waals surface area contributed by atoms with Gasteiger partial charge in [0.15, 0.2) is 0 Å². The minimum Gasteiger partial charge on any atom is -0.496 e. The summed E-state index contributed by atoms with van der Waals surface area (Å²) in [5.41, 5.74) is 3.80. The highest BCUT2D eigenvalue weighted by atomic mass is 16.5. The van der Waals surface area contributed by atoms with Gasteiger partial charge in [0, 0.05) is 43.1 Å². The third-order valence-electron chi connectivity index (χ3n) is 5.89. The minimum absolute atomic E-state index is 0.0158. The first-order valence-electron chi connectivity index (χ1n) is 10.2. The summed E-state index contributed by atoms with van der Waals surface area (Å²) in [6.07, 6.45) is 2.11. The van der Waals surface area contributed by atoms with E-state index in [2.05, 4.69) is 21.1 Å². The molecule has 2 aromatic carbocycles. The summed E-state index contributed by atoms with van der Waals surface area (Å²) in [6.45, 7) is 6.10. The maximum atomic E-state index is 13.3. The van der Waals surface area contributed by atoms with E-state index in [1.807, 2.05) is 61.2 Å². The number of carbonyl (C=O) groups excluding carboxylic acids is 1. The van der Waals surface area contributed by atoms with Gasteiger partial charge in [-0.25, -0.2) is 9.97 Å². The Morgan fingerprint density at radius 3 is 2.40 bits per heavy atom. The molecule has 152 valence electrons. The van der Waals surface area contributed by atoms with Crippen LogP contribution in [-0.2, 0) is 0 Å². The molecule has 0 aliphatic carbocycles. The first-order chi connectivity index (χ1) is 14.5. The standard InChI is InChI=1S/C24H24N4O2/c1-15-8-16(2)26-24(25-15)28-13-19-11-27(12-20(19)14-28)23(29)21-9-17-6-4-5-7-18(17)10-22(21)30-3/h4-10,13,20H,11-12,14H2,1-3H3. The van der Waals surface area contributed by atoms with Crippen LogP contribution in [0.1, 0.15) is 21.7 Å². The maximum absolute atomic E-state index is 13.3. The molecular weight excluding hydrogens is 376 g/mol. The fourth-order valence-electron chi connectivity index (χ4n) is 4.46. The van der Waals surface area contributed by atoms with E-state index in [0.29, 0.717) is 30.3 Å². The Morgan fingerprint density at radius 2 is 1.73 bits per heavy atom. The predicted molar refractivity (Wildman–Crippen MR) is 117 cm³/mol. The van der Waals surface area contributed by atoms with E-state index in [0.717, 1.165) is 34.7 Å². The van der Waals surface area contributed by atoms with Crippen molar-refractivity contribution in [3.63, 3.8) is 0 Å². The monoisotopic (exact) mass is 400 g/mol. The van der Waals surface area contributed by atoms with E-state index in [9.17, 15) is 4.79 Å². The lowest BCUT2D eigenvalue weighted by molar-refractivity contribution is 0.0786. The molecule has 2 aliphatic heterocycles. The summed E-state index contributed by atoms with van der Waals surface area (Å²) in [6, 6.07) is 13.9. The second-order valence-corrected chi connectivity index (χ2v) is 8.09. The van der Waals surface area contributed by atoms with Crippen molar-refractivity contribution in [3.05, 3.63) is 71.2 Å². The van der Waals surface area contributed by atoms with Crippen LogP contribution >= 0.6 is 0 Å². The zero-order valence-electron chi connectivity index (χ0n) is 17.4. The summed E-state index contributed by atoms with van der Waals surface area (Å²) < 4.78 is 5.54. The quantitative estimate of drug-likeness (QED) is 0.671. The molecule has 1 fully saturated rings. The SMILES string of the molecule is COc1cc2ccccc2cc1C(=O)N1CC2=CN(c3nc(C)cc(C)n3)CC2C1. The molecule has 1 atom stereocenters. The number of aryl methyl sites for hydroxylation is 2. The first kappa shape index (κ1) is 18.6. The van der Waals surface area contributed by atoms with Gasteiger partial charge in [-0.1, -0.05) is 24.3 Å². The zero-order valence-corrected chi connectivity index (χ0v) is 17.4. The largest absolute Gasteiger partial charge is 0.496 e. The number of amides is 1. The molecule has 1 saturated heterocycles. The Kier molecular flexibility index (Phi) is 4.42. The number of carbonyl (C=O) groups is 1. The summed E-state index contributed by atoms with van der Waals surface area (Å²) in [4.78, 5) is 26.5. The highest BCUT2D eigenvalue weighted by Gasteiger charge is 2.37. The molecule has 3 heterocycles. The van der Waals surface area contributed by atoms with Gasteiger partial charge in [0.25, 0.3) is 5.91 Å². The highest BCUT2D eigenvalue weighted by molar-refractivity contribution is 6.02. The lowest BCUT2D eigenvalue weighted by Crippen LogP contribution is -2.31. The van der Waals surface area contributed by atoms with E-state index >= 15 is 0 Å². The predicted octanol–water partition coefficient (Wildman–Crippen LogP) is 3.73. The normalized spacial score (nSPS) is 18.0. The molecule has 6 nitrogen and oxygen atoms in total. The average Bonchev–Trinajstić information content (AvgIpc) is 3.31. The van der Waals surface area contributed by atoms with Gasteiger partial charge < -0.3 is 14.5 Å². The third kappa shape index (κ3) is 3.18. The minimum atomic E-state index is 0.0158. The van der Waals surface area contributed by atoms with Crippen molar-refractivity contribution in [2.24, 2.45) is 5.92 Å². The van der Waals surface area contributed by atoms with E-state index in [-0.39, 0.29) is 5.91 Å². The molecule has 30 heavy (non-hydrogen) atoms. The molecule has 6 heteroatoms. The van der Waals surface area contributed by atoms with Crippen molar-refractivity contribution < 1.29 is 9.53 Å². The molecule has 3 aromatic rings. The van der Waals surface area contributed by atoms with Crippen LogP contribution < -0.4 is 9.64 Å². The first-order valence-corrected chi connectivity index (χ1v) is 10.2. The molecule has 1 unspecified atom stereocenters. The number of anilines is 1. The van der Waals surface area contributed by atoms with Gasteiger partial charge in [-0.15, -0.1) is 0 Å². The van der Waals surface area contributed by atoms with Gasteiger partial charge in [-0.05, 0) is 48.4 Å². The lowest BCUT2D eigenvalue weighted by Gasteiger charge is -2.21. The second-order valence-electron chi connectivity index (χ2n) is 8.09. The Hall–Kier alpha value is -3.41. The molecule has 1 amide bonds. The maximum Gasteiger partial charge on any atom is 0.257 e. The van der Waals surface area contributed by atoms with Crippen LogP contribution in [0, 0.1) is 19.8 Å². The summed E-state index contributed by atoms with van der Waals surface area (Å²) in [7, 11) is 1.61. The van der Waals surface area contributed by atoms with Crippen LogP contribution in [0.3, 0.4) is 0 Å². The summed E-state index contributed by atoms with van der Waals surface area (Å²) >= 11 is 0. The molecule has 0 radical (unpaired) electrons. The smallest absolute Gasteiger partial charge is 0.257 e. The third-order valence-corrected chi connectivity index (χ3v) is 5.89. The Morgan fingerprint density at radius 1 is 1.03 bits per heavy atom. The van der Waals surface area contributed by atoms with Gasteiger partial charge >= 0.3 is 0 Å². The number of aromatic nitrogens is 2. The molecule has 5 rings (SSSR count). The summed E-state index contributed by atoms with van der Waals surface area (Å²) in [5, 5.41) is 2.11. The number of hydrogen-bond donors (Lipinski definition) is 0. The van der Waals surface area contributed by atoms with E-state index in [1.165, 1.54) is 5.57 Å². The van der Waals surface area contributed by atoms with Crippen LogP contribution in [0.4, 0.5) is 5.95 Å². The van der Waals surface area contributed by atoms with Crippen molar-refractivity contribution in [2.75, 3.05) is 31.6 Å². The van der Waals surface area contributed by atoms with Crippen LogP contribution in [0.25, 0.3) is 10.8 Å². The van der Waals surface area contributed by atoms with Crippen molar-refractivity contribution in [1.82, 2.24) is 14.9 Å². The van der Waals surface area contributed by atoms with Gasteiger partial charge in [0.05, 0.1) is 12.7 Å². The van der Waals surface area contributed by atoms with Crippen LogP contribution in [0.2, 0.25) is 0 Å². The van der Waals surface area contributed by atoms with Crippen molar-refractivity contribution in [1.29, 1.82) is 0 Å². The van der Waals surface area contributed by atoms with E-state index in [1.54, 1.807) is 7.11 Å². The highest BCUT2D eigenvalue weighted by Crippen LogP contribution is 2.34. The zero-order chi connectivity index (χ0) is 20.8. The number of fused-ring (bicyclic) bond motifs is 2. The van der Waals surface area contributed by atoms with Crippen molar-refractivity contribution in [2.45, 2.75) is 13.8 Å². The van der Waals surface area contributed by atoms with Crippen molar-refractivity contribution in [3.8, 4) is 5.75 Å². The molecule has 0 N–H and O–H groups in total. The number of rotatable bonds is 3. The topological polar surface area (TPSA) is 58.6 Å². The number of methoxy groups -OCH3 is 1. The number of likely N-dealkylation sites (tertiary alicyclic amines) is 1. The number of hydrogen-bond acceptors (Lipinski definition) is 5. The van der Waals surface area contributed by atoms with E-state index < -0.39 is 0 Å². The molecule has 0 bridgehead atoms. The number of ether oxygens (including phenoxy) is 1. The van der Waals surface area contributed by atoms with Crippen LogP contribution in [0.5, 0.6) is 5.75 Å². The fourth-order valence-corrected chi connectivity index (χ4v) is 4.46. The molecular formula is C24H24N4O2. The summed E-state index contributed by atoms with van der Waals surface area (Å²) in [5.74, 6) is 1.69. The van der Waals surface area contributed by atoms with Crippen LogP contribution in [0.15, 0.2) is 54.2 Å². The molecule has 2 aliphatic rings. The van der Waals surface area contributed by atoms with Gasteiger partial charge in [-0.2, -0.15) is 0 Å². The number of benzene rings is 2. The fraction of sp³-hybridized carbons (Fsp3) is 0.292. The van der Waals surface area contributed by atoms with Gasteiger partial charge in [0.1, 0.15) is 5.75 Å². The van der Waals surface area contributed by atoms with Gasteiger partial charge in [-0.3, -0.25) is 4.79 Å². The van der Waals surface area contributed by atoms with Crippen molar-refractivity contribution >= 4 is 22.6 Å². The molecule has 1 aromatic heterocycles. The Balaban J connectivity index is 1.39. The van der Waals surface area contributed by atoms with E-state index in [4.69, 9.17) is 4.74 Å². The average molecular weight is 400 g/mol. The lowest BCUT2D eigenvalue weighted by atomic mass is 10.0. The molecule has 0 saturated carbocycles. The Bertz CT molecular complexity index is 1170. The van der Waals surface area contributed by atoms with Gasteiger partial charge in [0.2, 0.25) is 5.95 Å². The Labute approximate surface area is 175 Å².